The van der Waals surface area contributed by atoms with E-state index in [1.165, 1.54) is 4.90 Å². The van der Waals surface area contributed by atoms with Crippen LogP contribution in [-0.2, 0) is 6.42 Å². The summed E-state index contributed by atoms with van der Waals surface area (Å²) in [6.45, 7) is 2.12. The minimum atomic E-state index is -0.316. The number of amides is 1. The molecule has 134 valence electrons. The van der Waals surface area contributed by atoms with Crippen LogP contribution in [0, 0.1) is 0 Å². The maximum Gasteiger partial charge on any atom is 0.322 e. The second-order valence-electron chi connectivity index (χ2n) is 5.44. The summed E-state index contributed by atoms with van der Waals surface area (Å²) in [4.78, 5) is 13.4. The Balaban J connectivity index is 1.60. The molecule has 1 N–H and O–H groups in total. The molecule has 0 atom stereocenters. The van der Waals surface area contributed by atoms with Crippen LogP contribution in [-0.4, -0.2) is 29.0 Å². The smallest absolute Gasteiger partial charge is 0.322 e. The molecule has 1 aromatic heterocycles. The molecule has 0 spiro atoms. The molecule has 1 heterocycles. The maximum absolute atomic E-state index is 12.2. The molecule has 7 heteroatoms. The molecule has 0 aliphatic heterocycles. The Morgan fingerprint density at radius 2 is 1.85 bits per heavy atom. The van der Waals surface area contributed by atoms with E-state index >= 15 is 0 Å². The Morgan fingerprint density at radius 1 is 1.12 bits per heavy atom. The van der Waals surface area contributed by atoms with E-state index in [1.54, 1.807) is 43.1 Å². The predicted octanol–water partition coefficient (Wildman–Crippen LogP) is 4.03. The highest BCUT2D eigenvalue weighted by Crippen LogP contribution is 2.19. The molecule has 1 amide bonds. The van der Waals surface area contributed by atoms with E-state index in [-0.39, 0.29) is 11.9 Å². The van der Waals surface area contributed by atoms with E-state index in [0.717, 1.165) is 11.3 Å². The van der Waals surface area contributed by atoms with Gasteiger partial charge in [-0.25, -0.2) is 0 Å². The van der Waals surface area contributed by atoms with Gasteiger partial charge in [-0.15, -0.1) is 16.9 Å². The third-order valence-electron chi connectivity index (χ3n) is 3.63. The third kappa shape index (κ3) is 4.64. The highest BCUT2D eigenvalue weighted by atomic mass is 32.2. The van der Waals surface area contributed by atoms with Crippen molar-refractivity contribution in [3.63, 3.8) is 0 Å². The molecule has 0 saturated heterocycles. The molecular weight excluding hydrogens is 350 g/mol. The van der Waals surface area contributed by atoms with E-state index in [0.29, 0.717) is 23.6 Å². The van der Waals surface area contributed by atoms with Gasteiger partial charge in [-0.1, -0.05) is 24.2 Å². The van der Waals surface area contributed by atoms with Crippen LogP contribution in [0.3, 0.4) is 0 Å². The molecule has 0 aliphatic rings. The number of nitrogens with zero attached hydrogens (tertiary/aromatic N) is 2. The van der Waals surface area contributed by atoms with Crippen LogP contribution in [0.15, 0.2) is 57.8 Å². The van der Waals surface area contributed by atoms with Crippen LogP contribution in [0.1, 0.15) is 28.7 Å². The number of carbonyl (C=O) groups is 1. The summed E-state index contributed by atoms with van der Waals surface area (Å²) in [5.41, 5.74) is 1.55. The van der Waals surface area contributed by atoms with Crippen molar-refractivity contribution in [1.82, 2.24) is 10.2 Å². The summed E-state index contributed by atoms with van der Waals surface area (Å²) in [5.74, 6) is 1.86. The van der Waals surface area contributed by atoms with Gasteiger partial charge in [-0.2, -0.15) is 0 Å². The first kappa shape index (κ1) is 18.0. The number of hydrogen-bond donors (Lipinski definition) is 1. The standard InChI is InChI=1S/C19H19N3O3S/c1-3-26-16-10-4-13(5-11-16)12-17-21-22-19(25-17)20-18(23)14-6-8-15(24-2)9-7-14/h4-11H,3,12H2,1-2H3,(H,20,22,23). The Hall–Kier alpha value is -2.80. The zero-order valence-electron chi connectivity index (χ0n) is 14.6. The lowest BCUT2D eigenvalue weighted by atomic mass is 10.1. The zero-order valence-corrected chi connectivity index (χ0v) is 15.4. The van der Waals surface area contributed by atoms with Crippen molar-refractivity contribution in [1.29, 1.82) is 0 Å². The van der Waals surface area contributed by atoms with Gasteiger partial charge in [0.1, 0.15) is 5.75 Å². The van der Waals surface area contributed by atoms with Gasteiger partial charge >= 0.3 is 6.01 Å². The van der Waals surface area contributed by atoms with E-state index in [2.05, 4.69) is 34.6 Å². The minimum absolute atomic E-state index is 0.0824. The first-order valence-electron chi connectivity index (χ1n) is 8.17. The average Bonchev–Trinajstić information content (AvgIpc) is 3.10. The fraction of sp³-hybridized carbons (Fsp3) is 0.211. The quantitative estimate of drug-likeness (QED) is 0.634. The van der Waals surface area contributed by atoms with Crippen molar-refractivity contribution in [2.24, 2.45) is 0 Å². The zero-order chi connectivity index (χ0) is 18.4. The van der Waals surface area contributed by atoms with Crippen LogP contribution in [0.5, 0.6) is 5.75 Å². The lowest BCUT2D eigenvalue weighted by Gasteiger charge is -2.02. The van der Waals surface area contributed by atoms with Crippen LogP contribution in [0.2, 0.25) is 0 Å². The van der Waals surface area contributed by atoms with Crippen molar-refractivity contribution in [3.05, 3.63) is 65.5 Å². The summed E-state index contributed by atoms with van der Waals surface area (Å²) in [5, 5.41) is 10.5. The Kier molecular flexibility index (Phi) is 5.91. The fourth-order valence-corrected chi connectivity index (χ4v) is 2.99. The summed E-state index contributed by atoms with van der Waals surface area (Å²) >= 11 is 1.79. The fourth-order valence-electron chi connectivity index (χ4n) is 2.33. The Morgan fingerprint density at radius 3 is 2.50 bits per heavy atom. The van der Waals surface area contributed by atoms with Gasteiger partial charge in [0.05, 0.1) is 13.5 Å². The number of thioether (sulfide) groups is 1. The molecule has 0 bridgehead atoms. The number of nitrogens with one attached hydrogen (secondary N) is 1. The van der Waals surface area contributed by atoms with Gasteiger partial charge in [0.15, 0.2) is 0 Å². The molecule has 0 fully saturated rings. The van der Waals surface area contributed by atoms with Crippen molar-refractivity contribution >= 4 is 23.7 Å². The van der Waals surface area contributed by atoms with E-state index in [9.17, 15) is 4.79 Å². The predicted molar refractivity (Wildman–Crippen MR) is 101 cm³/mol. The number of ether oxygens (including phenoxy) is 1. The summed E-state index contributed by atoms with van der Waals surface area (Å²) in [7, 11) is 1.57. The molecule has 0 saturated carbocycles. The van der Waals surface area contributed by atoms with E-state index < -0.39 is 0 Å². The molecule has 0 unspecified atom stereocenters. The highest BCUT2D eigenvalue weighted by Gasteiger charge is 2.12. The largest absolute Gasteiger partial charge is 0.497 e. The van der Waals surface area contributed by atoms with E-state index in [4.69, 9.17) is 9.15 Å². The first-order valence-corrected chi connectivity index (χ1v) is 9.16. The molecule has 6 nitrogen and oxygen atoms in total. The number of methoxy groups -OCH3 is 1. The highest BCUT2D eigenvalue weighted by molar-refractivity contribution is 7.99. The second-order valence-corrected chi connectivity index (χ2v) is 6.77. The lowest BCUT2D eigenvalue weighted by Crippen LogP contribution is -2.11. The van der Waals surface area contributed by atoms with Crippen LogP contribution < -0.4 is 10.1 Å². The van der Waals surface area contributed by atoms with Gasteiger partial charge in [-0.05, 0) is 47.7 Å². The monoisotopic (exact) mass is 369 g/mol. The van der Waals surface area contributed by atoms with Gasteiger partial charge < -0.3 is 9.15 Å². The number of rotatable bonds is 7. The van der Waals surface area contributed by atoms with Gasteiger partial charge in [-0.3, -0.25) is 10.1 Å². The van der Waals surface area contributed by atoms with Crippen LogP contribution >= 0.6 is 11.8 Å². The van der Waals surface area contributed by atoms with Crippen LogP contribution in [0.4, 0.5) is 6.01 Å². The number of hydrogen-bond acceptors (Lipinski definition) is 6. The minimum Gasteiger partial charge on any atom is -0.497 e. The van der Waals surface area contributed by atoms with Gasteiger partial charge in [0.2, 0.25) is 5.89 Å². The van der Waals surface area contributed by atoms with Gasteiger partial charge in [0, 0.05) is 10.5 Å². The SMILES string of the molecule is CCSc1ccc(Cc2nnc(NC(=O)c3ccc(OC)cc3)o2)cc1. The second kappa shape index (κ2) is 8.53. The normalized spacial score (nSPS) is 10.5. The van der Waals surface area contributed by atoms with Crippen molar-refractivity contribution < 1.29 is 13.9 Å². The number of benzene rings is 2. The molecule has 26 heavy (non-hydrogen) atoms. The first-order chi connectivity index (χ1) is 12.7. The molecule has 2 aromatic carbocycles. The topological polar surface area (TPSA) is 77.2 Å². The summed E-state index contributed by atoms with van der Waals surface area (Å²) in [6.07, 6.45) is 0.516. The summed E-state index contributed by atoms with van der Waals surface area (Å²) < 4.78 is 10.6. The molecular formula is C19H19N3O3S. The molecule has 0 aliphatic carbocycles. The molecule has 3 aromatic rings. The Labute approximate surface area is 156 Å². The van der Waals surface area contributed by atoms with Crippen molar-refractivity contribution in [2.45, 2.75) is 18.2 Å². The van der Waals surface area contributed by atoms with Crippen molar-refractivity contribution in [3.8, 4) is 5.75 Å². The summed E-state index contributed by atoms with van der Waals surface area (Å²) in [6, 6.07) is 15.1. The van der Waals surface area contributed by atoms with Crippen LogP contribution in [0.25, 0.3) is 0 Å². The van der Waals surface area contributed by atoms with E-state index in [1.807, 2.05) is 12.1 Å². The molecule has 0 radical (unpaired) electrons. The number of carbonyl (C=O) groups excluding carboxylic acids is 1. The maximum atomic E-state index is 12.2. The molecule has 3 rings (SSSR count). The third-order valence-corrected chi connectivity index (χ3v) is 4.52. The van der Waals surface area contributed by atoms with Crippen molar-refractivity contribution in [2.75, 3.05) is 18.2 Å². The lowest BCUT2D eigenvalue weighted by molar-refractivity contribution is 0.102. The number of anilines is 1. The number of aromatic nitrogens is 2. The Bertz CT molecular complexity index is 860. The average molecular weight is 369 g/mol. The van der Waals surface area contributed by atoms with Gasteiger partial charge in [0.25, 0.3) is 5.91 Å².